The number of fused-ring (bicyclic) bond motifs is 1. The van der Waals surface area contributed by atoms with Crippen molar-refractivity contribution in [3.63, 3.8) is 0 Å². The van der Waals surface area contributed by atoms with E-state index in [1.54, 1.807) is 12.1 Å². The summed E-state index contributed by atoms with van der Waals surface area (Å²) in [4.78, 5) is 8.26. The Bertz CT molecular complexity index is 1390. The molecule has 0 spiro atoms. The summed E-state index contributed by atoms with van der Waals surface area (Å²) >= 11 is 0. The quantitative estimate of drug-likeness (QED) is 0.443. The molecule has 0 N–H and O–H groups in total. The molecule has 2 heterocycles. The smallest absolute Gasteiger partial charge is 0.416 e. The van der Waals surface area contributed by atoms with Crippen LogP contribution < -0.4 is 4.74 Å². The van der Waals surface area contributed by atoms with Crippen LogP contribution in [0.2, 0.25) is 0 Å². The van der Waals surface area contributed by atoms with Crippen molar-refractivity contribution in [1.29, 1.82) is 0 Å². The van der Waals surface area contributed by atoms with Crippen LogP contribution in [-0.4, -0.2) is 35.7 Å². The van der Waals surface area contributed by atoms with Gasteiger partial charge in [-0.25, -0.2) is 13.4 Å². The van der Waals surface area contributed by atoms with Crippen LogP contribution in [-0.2, 0) is 21.8 Å². The van der Waals surface area contributed by atoms with Gasteiger partial charge in [-0.2, -0.15) is 18.3 Å². The summed E-state index contributed by atoms with van der Waals surface area (Å²) in [5.41, 5.74) is 0.140. The first-order chi connectivity index (χ1) is 15.2. The van der Waals surface area contributed by atoms with Crippen molar-refractivity contribution < 1.29 is 26.3 Å². The molecular weight excluding hydrogens is 445 g/mol. The molecule has 0 atom stereocenters. The largest absolute Gasteiger partial charge is 0.496 e. The molecule has 0 saturated heterocycles. The van der Waals surface area contributed by atoms with E-state index in [1.165, 1.54) is 44.0 Å². The summed E-state index contributed by atoms with van der Waals surface area (Å²) in [6.45, 7) is 0. The molecule has 4 aromatic rings. The number of benzene rings is 2. The second-order valence-electron chi connectivity index (χ2n) is 6.81. The zero-order valence-electron chi connectivity index (χ0n) is 16.5. The number of pyridine rings is 1. The van der Waals surface area contributed by atoms with Gasteiger partial charge in [-0.3, -0.25) is 4.98 Å². The van der Waals surface area contributed by atoms with Gasteiger partial charge in [-0.15, -0.1) is 5.10 Å². The number of hydrogen-bond acceptors (Lipinski definition) is 7. The molecule has 0 aliphatic rings. The van der Waals surface area contributed by atoms with Crippen LogP contribution in [0, 0.1) is 0 Å². The average Bonchev–Trinajstić information content (AvgIpc) is 2.77. The van der Waals surface area contributed by atoms with Crippen LogP contribution in [0.15, 0.2) is 66.1 Å². The second kappa shape index (κ2) is 8.15. The number of halogens is 3. The molecule has 0 radical (unpaired) electrons. The average molecular weight is 460 g/mol. The van der Waals surface area contributed by atoms with E-state index in [1.807, 2.05) is 0 Å². The third kappa shape index (κ3) is 4.24. The van der Waals surface area contributed by atoms with Crippen molar-refractivity contribution in [3.8, 4) is 17.0 Å². The fraction of sp³-hybridized carbons (Fsp3) is 0.143. The fourth-order valence-corrected chi connectivity index (χ4v) is 4.53. The maximum Gasteiger partial charge on any atom is 0.416 e. The van der Waals surface area contributed by atoms with Crippen molar-refractivity contribution in [2.45, 2.75) is 16.8 Å². The van der Waals surface area contributed by atoms with Gasteiger partial charge in [-0.1, -0.05) is 6.07 Å². The van der Waals surface area contributed by atoms with Crippen molar-refractivity contribution in [1.82, 2.24) is 20.2 Å². The Kier molecular flexibility index (Phi) is 5.51. The van der Waals surface area contributed by atoms with E-state index in [0.29, 0.717) is 22.0 Å². The van der Waals surface area contributed by atoms with Crippen molar-refractivity contribution in [2.75, 3.05) is 7.11 Å². The Morgan fingerprint density at radius 2 is 1.81 bits per heavy atom. The molecule has 0 amide bonds. The Labute approximate surface area is 180 Å². The van der Waals surface area contributed by atoms with Crippen molar-refractivity contribution in [2.24, 2.45) is 0 Å². The van der Waals surface area contributed by atoms with E-state index < -0.39 is 21.6 Å². The topological polar surface area (TPSA) is 94.9 Å². The summed E-state index contributed by atoms with van der Waals surface area (Å²) in [7, 11) is -2.44. The van der Waals surface area contributed by atoms with Crippen LogP contribution >= 0.6 is 0 Å². The van der Waals surface area contributed by atoms with Gasteiger partial charge in [0.05, 0.1) is 40.9 Å². The Morgan fingerprint density at radius 1 is 1.00 bits per heavy atom. The summed E-state index contributed by atoms with van der Waals surface area (Å²) in [5.74, 6) is -0.341. The van der Waals surface area contributed by atoms with Crippen molar-refractivity contribution in [3.05, 3.63) is 72.4 Å². The highest BCUT2D eigenvalue weighted by atomic mass is 32.2. The van der Waals surface area contributed by atoms with Gasteiger partial charge in [0.15, 0.2) is 9.84 Å². The fourth-order valence-electron chi connectivity index (χ4n) is 3.24. The summed E-state index contributed by atoms with van der Waals surface area (Å²) < 4.78 is 70.0. The van der Waals surface area contributed by atoms with Crippen molar-refractivity contribution >= 4 is 20.6 Å². The molecule has 0 unspecified atom stereocenters. The van der Waals surface area contributed by atoms with Gasteiger partial charge >= 0.3 is 6.18 Å². The maximum atomic E-state index is 13.1. The standard InChI is InChI=1S/C21H15F3N4O3S/c1-31-19-9-14(21(22,23)24)2-4-18(19)20-17-5-3-16(8-13(17)6-7-25-20)32(29,30)11-15-10-27-28-12-26-15/h2-10,12H,11H2,1H3. The van der Waals surface area contributed by atoms with E-state index in [-0.39, 0.29) is 22.1 Å². The normalized spacial score (nSPS) is 12.1. The van der Waals surface area contributed by atoms with E-state index in [4.69, 9.17) is 4.74 Å². The summed E-state index contributed by atoms with van der Waals surface area (Å²) in [6, 6.07) is 9.25. The molecule has 0 aliphatic carbocycles. The van der Waals surface area contributed by atoms with Gasteiger partial charge in [0, 0.05) is 17.1 Å². The molecule has 32 heavy (non-hydrogen) atoms. The minimum absolute atomic E-state index is 0.00721. The van der Waals surface area contributed by atoms with Crippen LogP contribution in [0.1, 0.15) is 11.3 Å². The van der Waals surface area contributed by atoms with Crippen LogP contribution in [0.5, 0.6) is 5.75 Å². The Morgan fingerprint density at radius 3 is 2.50 bits per heavy atom. The summed E-state index contributed by atoms with van der Waals surface area (Å²) in [6.07, 6.45) is -0.613. The summed E-state index contributed by atoms with van der Waals surface area (Å²) in [5, 5.41) is 8.27. The van der Waals surface area contributed by atoms with Gasteiger partial charge in [0.1, 0.15) is 12.1 Å². The van der Waals surface area contributed by atoms with Gasteiger partial charge < -0.3 is 4.74 Å². The molecule has 0 bridgehead atoms. The second-order valence-corrected chi connectivity index (χ2v) is 8.80. The molecule has 0 aliphatic heterocycles. The number of sulfone groups is 1. The van der Waals surface area contributed by atoms with E-state index in [0.717, 1.165) is 12.1 Å². The predicted octanol–water partition coefficient (Wildman–Crippen LogP) is 4.09. The number of nitrogens with zero attached hydrogens (tertiary/aromatic N) is 4. The molecule has 2 aromatic heterocycles. The molecule has 11 heteroatoms. The van der Waals surface area contributed by atoms with Crippen LogP contribution in [0.4, 0.5) is 13.2 Å². The molecule has 2 aromatic carbocycles. The van der Waals surface area contributed by atoms with Crippen LogP contribution in [0.3, 0.4) is 0 Å². The zero-order chi connectivity index (χ0) is 22.9. The Hall–Kier alpha value is -3.60. The number of methoxy groups -OCH3 is 1. The number of rotatable bonds is 5. The number of ether oxygens (including phenoxy) is 1. The molecule has 0 fully saturated rings. The lowest BCUT2D eigenvalue weighted by Gasteiger charge is -2.14. The van der Waals surface area contributed by atoms with Gasteiger partial charge in [0.2, 0.25) is 0 Å². The molecule has 7 nitrogen and oxygen atoms in total. The minimum atomic E-state index is -4.51. The molecule has 0 saturated carbocycles. The minimum Gasteiger partial charge on any atom is -0.496 e. The SMILES string of the molecule is COc1cc(C(F)(F)F)ccc1-c1nccc2cc(S(=O)(=O)Cc3cnncn3)ccc12. The van der Waals surface area contributed by atoms with Gasteiger partial charge in [-0.05, 0) is 41.8 Å². The van der Waals surface area contributed by atoms with E-state index in [9.17, 15) is 21.6 Å². The zero-order valence-corrected chi connectivity index (χ0v) is 17.4. The lowest BCUT2D eigenvalue weighted by molar-refractivity contribution is -0.137. The molecule has 4 rings (SSSR count). The van der Waals surface area contributed by atoms with Gasteiger partial charge in [0.25, 0.3) is 0 Å². The molecular formula is C21H15F3N4O3S. The highest BCUT2D eigenvalue weighted by molar-refractivity contribution is 7.90. The third-order valence-corrected chi connectivity index (χ3v) is 6.41. The Balaban J connectivity index is 1.78. The maximum absolute atomic E-state index is 13.1. The predicted molar refractivity (Wildman–Crippen MR) is 109 cm³/mol. The highest BCUT2D eigenvalue weighted by Crippen LogP contribution is 2.38. The number of hydrogen-bond donors (Lipinski definition) is 0. The highest BCUT2D eigenvalue weighted by Gasteiger charge is 2.31. The first-order valence-corrected chi connectivity index (χ1v) is 10.8. The van der Waals surface area contributed by atoms with E-state index in [2.05, 4.69) is 20.2 Å². The first kappa shape index (κ1) is 21.6. The lowest BCUT2D eigenvalue weighted by atomic mass is 10.0. The third-order valence-electron chi connectivity index (χ3n) is 4.77. The number of alkyl halides is 3. The first-order valence-electron chi connectivity index (χ1n) is 9.18. The van der Waals surface area contributed by atoms with E-state index >= 15 is 0 Å². The monoisotopic (exact) mass is 460 g/mol. The van der Waals surface area contributed by atoms with Crippen LogP contribution in [0.25, 0.3) is 22.0 Å². The number of aromatic nitrogens is 4. The lowest BCUT2D eigenvalue weighted by Crippen LogP contribution is -2.07. The molecule has 164 valence electrons.